The zero-order chi connectivity index (χ0) is 38.7. The van der Waals surface area contributed by atoms with Gasteiger partial charge >= 0.3 is 19.5 Å². The van der Waals surface area contributed by atoms with Crippen molar-refractivity contribution < 1.29 is 19.5 Å². The fraction of sp³-hybridized carbons (Fsp3) is 0. The van der Waals surface area contributed by atoms with E-state index in [0.717, 1.165) is 0 Å². The van der Waals surface area contributed by atoms with E-state index in [1.165, 1.54) is 47.7 Å². The van der Waals surface area contributed by atoms with Gasteiger partial charge in [0.2, 0.25) is 0 Å². The summed E-state index contributed by atoms with van der Waals surface area (Å²) in [6.45, 7) is 0. The first-order valence-corrected chi connectivity index (χ1v) is 23.2. The molecular formula is C54H45P3Rh+2. The van der Waals surface area contributed by atoms with Crippen molar-refractivity contribution in [3.05, 3.63) is 273 Å². The first kappa shape index (κ1) is 42.5. The summed E-state index contributed by atoms with van der Waals surface area (Å²) in [7, 11) is -1.34. The van der Waals surface area contributed by atoms with Gasteiger partial charge in [-0.2, -0.15) is 0 Å². The van der Waals surface area contributed by atoms with Crippen molar-refractivity contribution in [3.8, 4) is 0 Å². The van der Waals surface area contributed by atoms with Crippen LogP contribution >= 0.6 is 23.8 Å². The molecular weight excluding hydrogens is 844 g/mol. The fourth-order valence-electron chi connectivity index (χ4n) is 6.54. The molecule has 283 valence electrons. The van der Waals surface area contributed by atoms with Gasteiger partial charge in [0, 0.05) is 0 Å². The monoisotopic (exact) mass is 889 g/mol. The van der Waals surface area contributed by atoms with E-state index in [1.807, 2.05) is 0 Å². The van der Waals surface area contributed by atoms with Crippen molar-refractivity contribution in [2.24, 2.45) is 0 Å². The zero-order valence-corrected chi connectivity index (χ0v) is 36.5. The van der Waals surface area contributed by atoms with Gasteiger partial charge in [0.25, 0.3) is 0 Å². The maximum absolute atomic E-state index is 2.23. The summed E-state index contributed by atoms with van der Waals surface area (Å²) in [6, 6.07) is 97.0. The summed E-state index contributed by atoms with van der Waals surface area (Å²) in [5.41, 5.74) is 0. The Morgan fingerprint density at radius 3 is 0.310 bits per heavy atom. The maximum Gasteiger partial charge on any atom is 2.00 e. The molecule has 0 spiro atoms. The molecule has 0 aliphatic carbocycles. The predicted molar refractivity (Wildman–Crippen MR) is 255 cm³/mol. The second-order valence-electron chi connectivity index (χ2n) is 13.0. The van der Waals surface area contributed by atoms with Crippen molar-refractivity contribution in [3.63, 3.8) is 0 Å². The molecule has 0 nitrogen and oxygen atoms in total. The van der Waals surface area contributed by atoms with Crippen molar-refractivity contribution >= 4 is 71.5 Å². The van der Waals surface area contributed by atoms with E-state index in [4.69, 9.17) is 0 Å². The van der Waals surface area contributed by atoms with Gasteiger partial charge in [0.05, 0.1) is 0 Å². The summed E-state index contributed by atoms with van der Waals surface area (Å²) in [5.74, 6) is 0. The van der Waals surface area contributed by atoms with Crippen molar-refractivity contribution in [1.29, 1.82) is 0 Å². The van der Waals surface area contributed by atoms with Crippen molar-refractivity contribution in [2.75, 3.05) is 0 Å². The van der Waals surface area contributed by atoms with Gasteiger partial charge in [0.15, 0.2) is 0 Å². The van der Waals surface area contributed by atoms with Gasteiger partial charge in [-0.05, 0) is 71.5 Å². The van der Waals surface area contributed by atoms with Crippen LogP contribution in [0.5, 0.6) is 0 Å². The quantitative estimate of drug-likeness (QED) is 0.100. The smallest absolute Gasteiger partial charge is 0.0622 e. The van der Waals surface area contributed by atoms with E-state index in [9.17, 15) is 0 Å². The molecule has 0 unspecified atom stereocenters. The van der Waals surface area contributed by atoms with Gasteiger partial charge in [-0.15, -0.1) is 0 Å². The Morgan fingerprint density at radius 1 is 0.138 bits per heavy atom. The molecule has 9 aromatic carbocycles. The molecule has 0 bridgehead atoms. The first-order chi connectivity index (χ1) is 28.3. The minimum atomic E-state index is -0.446. The van der Waals surface area contributed by atoms with Crippen LogP contribution in [0, 0.1) is 0 Å². The minimum absolute atomic E-state index is 0. The molecule has 0 aromatic heterocycles. The molecule has 0 N–H and O–H groups in total. The Labute approximate surface area is 361 Å². The molecule has 0 heterocycles. The van der Waals surface area contributed by atoms with E-state index in [2.05, 4.69) is 273 Å². The third-order valence-electron chi connectivity index (χ3n) is 9.13. The Balaban J connectivity index is 0.000000145. The summed E-state index contributed by atoms with van der Waals surface area (Å²) < 4.78 is 0. The van der Waals surface area contributed by atoms with Crippen molar-refractivity contribution in [2.45, 2.75) is 0 Å². The van der Waals surface area contributed by atoms with Gasteiger partial charge in [-0.1, -0.05) is 273 Å². The normalized spacial score (nSPS) is 10.4. The summed E-state index contributed by atoms with van der Waals surface area (Å²) in [6.07, 6.45) is 0. The Hall–Kier alpha value is -5.11. The second kappa shape index (κ2) is 23.3. The Kier molecular flexibility index (Phi) is 17.1. The van der Waals surface area contributed by atoms with E-state index >= 15 is 0 Å². The van der Waals surface area contributed by atoms with Crippen LogP contribution in [0.3, 0.4) is 0 Å². The molecule has 0 atom stereocenters. The molecule has 9 rings (SSSR count). The number of benzene rings is 9. The van der Waals surface area contributed by atoms with Gasteiger partial charge in [-0.25, -0.2) is 0 Å². The van der Waals surface area contributed by atoms with Crippen LogP contribution in [-0.4, -0.2) is 0 Å². The summed E-state index contributed by atoms with van der Waals surface area (Å²) in [5, 5.41) is 12.6. The van der Waals surface area contributed by atoms with Gasteiger partial charge < -0.3 is 0 Å². The molecule has 0 aliphatic heterocycles. The molecule has 58 heavy (non-hydrogen) atoms. The Morgan fingerprint density at radius 2 is 0.224 bits per heavy atom. The topological polar surface area (TPSA) is 0 Å². The first-order valence-electron chi connectivity index (χ1n) is 19.2. The van der Waals surface area contributed by atoms with E-state index in [1.54, 1.807) is 0 Å². The number of hydrogen-bond donors (Lipinski definition) is 0. The van der Waals surface area contributed by atoms with Crippen LogP contribution in [0.1, 0.15) is 0 Å². The maximum atomic E-state index is 2.23. The molecule has 0 aliphatic rings. The predicted octanol–water partition coefficient (Wildman–Crippen LogP) is 10.3. The molecule has 0 amide bonds. The van der Waals surface area contributed by atoms with E-state index < -0.39 is 23.8 Å². The van der Waals surface area contributed by atoms with Crippen LogP contribution in [0.25, 0.3) is 0 Å². The summed E-state index contributed by atoms with van der Waals surface area (Å²) in [4.78, 5) is 0. The summed E-state index contributed by atoms with van der Waals surface area (Å²) >= 11 is 0. The zero-order valence-electron chi connectivity index (χ0n) is 32.2. The molecule has 0 saturated carbocycles. The van der Waals surface area contributed by atoms with E-state index in [-0.39, 0.29) is 19.5 Å². The number of hydrogen-bond acceptors (Lipinski definition) is 0. The van der Waals surface area contributed by atoms with Crippen LogP contribution in [0.4, 0.5) is 0 Å². The molecule has 9 aromatic rings. The number of rotatable bonds is 9. The van der Waals surface area contributed by atoms with Crippen molar-refractivity contribution in [1.82, 2.24) is 0 Å². The SMILES string of the molecule is [Rh+2].c1ccc(P(c2ccccc2)c2ccccc2)cc1.c1ccc(P(c2ccccc2)c2ccccc2)cc1.c1ccc(P(c2ccccc2)c2ccccc2)cc1. The molecule has 1 radical (unpaired) electrons. The second-order valence-corrected chi connectivity index (χ2v) is 19.7. The van der Waals surface area contributed by atoms with Gasteiger partial charge in [-0.3, -0.25) is 0 Å². The third-order valence-corrected chi connectivity index (χ3v) is 16.5. The standard InChI is InChI=1S/3C18H15P.Rh/c3*1-4-10-16(11-5-1)19(17-12-6-2-7-13-17)18-14-8-3-9-15-18;/h3*1-15H;/q;;;+2. The fourth-order valence-corrected chi connectivity index (χ4v) is 13.5. The Bertz CT molecular complexity index is 1860. The van der Waals surface area contributed by atoms with Gasteiger partial charge in [0.1, 0.15) is 0 Å². The molecule has 0 saturated heterocycles. The average Bonchev–Trinajstić information content (AvgIpc) is 3.30. The van der Waals surface area contributed by atoms with E-state index in [0.29, 0.717) is 0 Å². The van der Waals surface area contributed by atoms with Crippen LogP contribution in [-0.2, 0) is 19.5 Å². The molecule has 0 fully saturated rings. The minimum Gasteiger partial charge on any atom is -0.0622 e. The van der Waals surface area contributed by atoms with Crippen LogP contribution < -0.4 is 47.7 Å². The average molecular weight is 890 g/mol. The third kappa shape index (κ3) is 12.0. The van der Waals surface area contributed by atoms with Crippen LogP contribution in [0.15, 0.2) is 273 Å². The molecule has 4 heteroatoms. The van der Waals surface area contributed by atoms with Crippen LogP contribution in [0.2, 0.25) is 0 Å². The largest absolute Gasteiger partial charge is 2.00 e.